The molecule has 28 heavy (non-hydrogen) atoms. The van der Waals surface area contributed by atoms with Crippen molar-refractivity contribution >= 4 is 6.03 Å². The minimum absolute atomic E-state index is 0.0641. The highest BCUT2D eigenvalue weighted by atomic mass is 16.6. The van der Waals surface area contributed by atoms with Crippen LogP contribution >= 0.6 is 0 Å². The predicted octanol–water partition coefficient (Wildman–Crippen LogP) is 4.61. The molecule has 1 fully saturated rings. The van der Waals surface area contributed by atoms with E-state index in [-0.39, 0.29) is 24.0 Å². The van der Waals surface area contributed by atoms with Crippen LogP contribution < -0.4 is 20.1 Å². The Morgan fingerprint density at radius 1 is 0.929 bits per heavy atom. The molecule has 2 aromatic rings. The highest BCUT2D eigenvalue weighted by molar-refractivity contribution is 5.75. The second-order valence-corrected chi connectivity index (χ2v) is 7.97. The minimum atomic E-state index is -0.130. The van der Waals surface area contributed by atoms with Crippen molar-refractivity contribution in [2.45, 2.75) is 38.8 Å². The molecule has 1 aliphatic heterocycles. The number of fused-ring (bicyclic) bond motifs is 1. The summed E-state index contributed by atoms with van der Waals surface area (Å²) in [4.78, 5) is 12.9. The zero-order valence-corrected chi connectivity index (χ0v) is 16.5. The standard InChI is InChI=1S/C23H28N2O3/c1-15(2)21(18-10-11-19-20(14-18)28-13-12-27-19)24-23(26)25-22(17-8-9-17)16-6-4-3-5-7-16/h3-7,10-11,14-15,17,21-22H,8-9,12-13H2,1-2H3,(H2,24,25,26). The largest absolute Gasteiger partial charge is 0.486 e. The molecule has 2 atom stereocenters. The van der Waals surface area contributed by atoms with E-state index in [2.05, 4.69) is 36.6 Å². The molecule has 0 radical (unpaired) electrons. The number of ether oxygens (including phenoxy) is 2. The maximum Gasteiger partial charge on any atom is 0.315 e. The Balaban J connectivity index is 1.48. The summed E-state index contributed by atoms with van der Waals surface area (Å²) >= 11 is 0. The lowest BCUT2D eigenvalue weighted by atomic mass is 9.95. The molecule has 5 nitrogen and oxygen atoms in total. The molecule has 0 spiro atoms. The molecular formula is C23H28N2O3. The van der Waals surface area contributed by atoms with E-state index in [1.165, 1.54) is 5.56 Å². The molecule has 1 saturated carbocycles. The summed E-state index contributed by atoms with van der Waals surface area (Å²) < 4.78 is 11.3. The molecule has 1 heterocycles. The van der Waals surface area contributed by atoms with E-state index < -0.39 is 0 Å². The monoisotopic (exact) mass is 380 g/mol. The van der Waals surface area contributed by atoms with Crippen molar-refractivity contribution in [3.8, 4) is 11.5 Å². The van der Waals surface area contributed by atoms with Crippen LogP contribution in [0.25, 0.3) is 0 Å². The van der Waals surface area contributed by atoms with Crippen LogP contribution in [0.5, 0.6) is 11.5 Å². The lowest BCUT2D eigenvalue weighted by molar-refractivity contribution is 0.171. The van der Waals surface area contributed by atoms with E-state index in [0.29, 0.717) is 19.1 Å². The van der Waals surface area contributed by atoms with E-state index in [9.17, 15) is 4.79 Å². The van der Waals surface area contributed by atoms with E-state index in [0.717, 1.165) is 29.9 Å². The van der Waals surface area contributed by atoms with Gasteiger partial charge in [0.25, 0.3) is 0 Å². The zero-order valence-electron chi connectivity index (χ0n) is 16.5. The summed E-state index contributed by atoms with van der Waals surface area (Å²) in [6, 6.07) is 16.0. The average Bonchev–Trinajstić information content (AvgIpc) is 3.55. The van der Waals surface area contributed by atoms with Crippen molar-refractivity contribution in [1.29, 1.82) is 0 Å². The van der Waals surface area contributed by atoms with Crippen molar-refractivity contribution in [3.05, 3.63) is 59.7 Å². The maximum atomic E-state index is 12.9. The van der Waals surface area contributed by atoms with Gasteiger partial charge in [-0.15, -0.1) is 0 Å². The molecule has 5 heteroatoms. The van der Waals surface area contributed by atoms with E-state index in [4.69, 9.17) is 9.47 Å². The van der Waals surface area contributed by atoms with E-state index in [1.54, 1.807) is 0 Å². The van der Waals surface area contributed by atoms with Crippen LogP contribution in [0.4, 0.5) is 4.79 Å². The van der Waals surface area contributed by atoms with E-state index in [1.807, 2.05) is 36.4 Å². The molecule has 4 rings (SSSR count). The molecule has 2 aliphatic rings. The number of hydrogen-bond acceptors (Lipinski definition) is 3. The van der Waals surface area contributed by atoms with Crippen molar-refractivity contribution < 1.29 is 14.3 Å². The van der Waals surface area contributed by atoms with E-state index >= 15 is 0 Å². The summed E-state index contributed by atoms with van der Waals surface area (Å²) in [6.45, 7) is 5.34. The van der Waals surface area contributed by atoms with Crippen LogP contribution in [-0.4, -0.2) is 19.2 Å². The van der Waals surface area contributed by atoms with Crippen LogP contribution in [0.1, 0.15) is 49.9 Å². The molecule has 148 valence electrons. The number of urea groups is 1. The summed E-state index contributed by atoms with van der Waals surface area (Å²) in [6.07, 6.45) is 2.32. The number of rotatable bonds is 6. The Bertz CT molecular complexity index is 818. The second kappa shape index (κ2) is 8.13. The third-order valence-electron chi connectivity index (χ3n) is 5.42. The van der Waals surface area contributed by atoms with Crippen LogP contribution in [0, 0.1) is 11.8 Å². The SMILES string of the molecule is CC(C)C(NC(=O)NC(c1ccccc1)C1CC1)c1ccc2c(c1)OCCO2. The number of carbonyl (C=O) groups is 1. The number of carbonyl (C=O) groups excluding carboxylic acids is 1. The van der Waals surface area contributed by atoms with Gasteiger partial charge in [-0.2, -0.15) is 0 Å². The summed E-state index contributed by atoms with van der Waals surface area (Å²) in [5.74, 6) is 2.28. The summed E-state index contributed by atoms with van der Waals surface area (Å²) in [7, 11) is 0. The Morgan fingerprint density at radius 3 is 2.32 bits per heavy atom. The summed E-state index contributed by atoms with van der Waals surface area (Å²) in [5, 5.41) is 6.38. The van der Waals surface area contributed by atoms with Gasteiger partial charge in [-0.25, -0.2) is 4.79 Å². The quantitative estimate of drug-likeness (QED) is 0.770. The Labute approximate surface area is 166 Å². The Morgan fingerprint density at radius 2 is 1.64 bits per heavy atom. The molecule has 2 N–H and O–H groups in total. The first kappa shape index (κ1) is 18.7. The van der Waals surface area contributed by atoms with Gasteiger partial charge in [0.05, 0.1) is 12.1 Å². The highest BCUT2D eigenvalue weighted by Crippen LogP contribution is 2.41. The third kappa shape index (κ3) is 4.24. The van der Waals surface area contributed by atoms with Gasteiger partial charge in [-0.05, 0) is 47.9 Å². The molecule has 2 aromatic carbocycles. The van der Waals surface area contributed by atoms with Gasteiger partial charge in [0.1, 0.15) is 13.2 Å². The minimum Gasteiger partial charge on any atom is -0.486 e. The normalized spacial score (nSPS) is 17.7. The molecular weight excluding hydrogens is 352 g/mol. The lowest BCUT2D eigenvalue weighted by Gasteiger charge is -2.27. The second-order valence-electron chi connectivity index (χ2n) is 7.97. The van der Waals surface area contributed by atoms with Crippen LogP contribution in [0.3, 0.4) is 0 Å². The van der Waals surface area contributed by atoms with Gasteiger partial charge in [0, 0.05) is 0 Å². The first-order valence-electron chi connectivity index (χ1n) is 10.1. The Hall–Kier alpha value is -2.69. The highest BCUT2D eigenvalue weighted by Gasteiger charge is 2.34. The first-order chi connectivity index (χ1) is 13.6. The lowest BCUT2D eigenvalue weighted by Crippen LogP contribution is -2.42. The number of nitrogens with one attached hydrogen (secondary N) is 2. The van der Waals surface area contributed by atoms with Crippen LogP contribution in [0.15, 0.2) is 48.5 Å². The van der Waals surface area contributed by atoms with Crippen LogP contribution in [-0.2, 0) is 0 Å². The van der Waals surface area contributed by atoms with Gasteiger partial charge in [-0.1, -0.05) is 50.2 Å². The maximum absolute atomic E-state index is 12.9. The van der Waals surface area contributed by atoms with Crippen LogP contribution in [0.2, 0.25) is 0 Å². The number of hydrogen-bond donors (Lipinski definition) is 2. The fourth-order valence-electron chi connectivity index (χ4n) is 3.78. The summed E-state index contributed by atoms with van der Waals surface area (Å²) in [5.41, 5.74) is 2.19. The fourth-order valence-corrected chi connectivity index (χ4v) is 3.78. The molecule has 0 bridgehead atoms. The van der Waals surface area contributed by atoms with Gasteiger partial charge < -0.3 is 20.1 Å². The molecule has 0 aromatic heterocycles. The fraction of sp³-hybridized carbons (Fsp3) is 0.435. The Kier molecular flexibility index (Phi) is 5.42. The smallest absolute Gasteiger partial charge is 0.315 e. The number of amides is 2. The topological polar surface area (TPSA) is 59.6 Å². The first-order valence-corrected chi connectivity index (χ1v) is 10.1. The van der Waals surface area contributed by atoms with Gasteiger partial charge >= 0.3 is 6.03 Å². The number of benzene rings is 2. The van der Waals surface area contributed by atoms with Crippen molar-refractivity contribution in [3.63, 3.8) is 0 Å². The van der Waals surface area contributed by atoms with Crippen molar-refractivity contribution in [2.75, 3.05) is 13.2 Å². The van der Waals surface area contributed by atoms with Gasteiger partial charge in [0.15, 0.2) is 11.5 Å². The molecule has 2 unspecified atom stereocenters. The average molecular weight is 380 g/mol. The van der Waals surface area contributed by atoms with Gasteiger partial charge in [-0.3, -0.25) is 0 Å². The predicted molar refractivity (Wildman–Crippen MR) is 109 cm³/mol. The van der Waals surface area contributed by atoms with Gasteiger partial charge in [0.2, 0.25) is 0 Å². The molecule has 2 amide bonds. The molecule has 0 saturated heterocycles. The molecule has 1 aliphatic carbocycles. The van der Waals surface area contributed by atoms with Crippen molar-refractivity contribution in [1.82, 2.24) is 10.6 Å². The zero-order chi connectivity index (χ0) is 19.5. The third-order valence-corrected chi connectivity index (χ3v) is 5.42. The van der Waals surface area contributed by atoms with Crippen molar-refractivity contribution in [2.24, 2.45) is 11.8 Å².